The van der Waals surface area contributed by atoms with Crippen molar-refractivity contribution in [2.45, 2.75) is 26.4 Å². The summed E-state index contributed by atoms with van der Waals surface area (Å²) in [5, 5.41) is 9.53. The van der Waals surface area contributed by atoms with Gasteiger partial charge in [-0.2, -0.15) is 11.8 Å². The number of hydrogen-bond donors (Lipinski definition) is 1. The van der Waals surface area contributed by atoms with Gasteiger partial charge in [0.2, 0.25) is 0 Å². The highest BCUT2D eigenvalue weighted by Gasteiger charge is 2.21. The molecule has 0 fully saturated rings. The molecular weight excluding hydrogens is 188 g/mol. The van der Waals surface area contributed by atoms with Crippen LogP contribution in [-0.4, -0.2) is 35.8 Å². The SMILES string of the molecule is CCSCCC(O)C(C)C(=O)OC. The number of carbonyl (C=O) groups is 1. The quantitative estimate of drug-likeness (QED) is 0.525. The van der Waals surface area contributed by atoms with E-state index in [4.69, 9.17) is 0 Å². The van der Waals surface area contributed by atoms with Gasteiger partial charge in [0.15, 0.2) is 0 Å². The van der Waals surface area contributed by atoms with E-state index in [9.17, 15) is 9.90 Å². The smallest absolute Gasteiger partial charge is 0.311 e. The number of aliphatic hydroxyl groups is 1. The summed E-state index contributed by atoms with van der Waals surface area (Å²) < 4.78 is 4.53. The fourth-order valence-electron chi connectivity index (χ4n) is 0.941. The zero-order valence-corrected chi connectivity index (χ0v) is 9.26. The summed E-state index contributed by atoms with van der Waals surface area (Å²) in [6.45, 7) is 3.76. The van der Waals surface area contributed by atoms with Crippen molar-refractivity contribution in [1.82, 2.24) is 0 Å². The van der Waals surface area contributed by atoms with Crippen LogP contribution >= 0.6 is 11.8 Å². The van der Waals surface area contributed by atoms with Gasteiger partial charge in [0.05, 0.1) is 19.1 Å². The molecule has 0 aliphatic rings. The monoisotopic (exact) mass is 206 g/mol. The molecule has 0 aromatic carbocycles. The molecule has 3 nitrogen and oxygen atoms in total. The van der Waals surface area contributed by atoms with E-state index in [0.29, 0.717) is 6.42 Å². The lowest BCUT2D eigenvalue weighted by molar-refractivity contribution is -0.148. The molecule has 1 N–H and O–H groups in total. The molecule has 13 heavy (non-hydrogen) atoms. The normalized spacial score (nSPS) is 15.1. The molecule has 0 saturated carbocycles. The summed E-state index contributed by atoms with van der Waals surface area (Å²) in [7, 11) is 1.34. The molecular formula is C9H18O3S. The van der Waals surface area contributed by atoms with Crippen LogP contribution in [0.5, 0.6) is 0 Å². The van der Waals surface area contributed by atoms with Gasteiger partial charge in [-0.25, -0.2) is 0 Å². The third-order valence-electron chi connectivity index (χ3n) is 1.91. The standard InChI is InChI=1S/C9H18O3S/c1-4-13-6-5-8(10)7(2)9(11)12-3/h7-8,10H,4-6H2,1-3H3. The molecule has 0 rings (SSSR count). The third-order valence-corrected chi connectivity index (χ3v) is 2.84. The Morgan fingerprint density at radius 2 is 2.23 bits per heavy atom. The second-order valence-electron chi connectivity index (χ2n) is 2.86. The predicted octanol–water partition coefficient (Wildman–Crippen LogP) is 1.30. The Balaban J connectivity index is 3.68. The minimum atomic E-state index is -0.577. The van der Waals surface area contributed by atoms with E-state index in [0.717, 1.165) is 11.5 Å². The highest BCUT2D eigenvalue weighted by molar-refractivity contribution is 7.99. The van der Waals surface area contributed by atoms with Crippen molar-refractivity contribution in [2.75, 3.05) is 18.6 Å². The minimum Gasteiger partial charge on any atom is -0.469 e. The number of esters is 1. The van der Waals surface area contributed by atoms with Crippen LogP contribution in [0.4, 0.5) is 0 Å². The van der Waals surface area contributed by atoms with Crippen LogP contribution in [0.15, 0.2) is 0 Å². The van der Waals surface area contributed by atoms with Crippen molar-refractivity contribution >= 4 is 17.7 Å². The third kappa shape index (κ3) is 5.16. The summed E-state index contributed by atoms with van der Waals surface area (Å²) in [5.41, 5.74) is 0. The molecule has 0 saturated heterocycles. The Bertz CT molecular complexity index is 150. The van der Waals surface area contributed by atoms with E-state index < -0.39 is 12.0 Å². The van der Waals surface area contributed by atoms with Crippen LogP contribution < -0.4 is 0 Å². The molecule has 0 heterocycles. The van der Waals surface area contributed by atoms with Gasteiger partial charge >= 0.3 is 5.97 Å². The number of rotatable bonds is 6. The van der Waals surface area contributed by atoms with E-state index in [-0.39, 0.29) is 5.97 Å². The Morgan fingerprint density at radius 1 is 1.62 bits per heavy atom. The van der Waals surface area contributed by atoms with Gasteiger partial charge in [-0.15, -0.1) is 0 Å². The maximum atomic E-state index is 11.0. The minimum absolute atomic E-state index is 0.339. The molecule has 2 unspecified atom stereocenters. The van der Waals surface area contributed by atoms with E-state index in [1.165, 1.54) is 7.11 Å². The van der Waals surface area contributed by atoms with E-state index in [2.05, 4.69) is 11.7 Å². The van der Waals surface area contributed by atoms with E-state index in [1.54, 1.807) is 18.7 Å². The number of thioether (sulfide) groups is 1. The van der Waals surface area contributed by atoms with Crippen LogP contribution in [0, 0.1) is 5.92 Å². The van der Waals surface area contributed by atoms with Crippen LogP contribution in [0.2, 0.25) is 0 Å². The van der Waals surface area contributed by atoms with Gasteiger partial charge in [0, 0.05) is 0 Å². The van der Waals surface area contributed by atoms with Crippen LogP contribution in [0.25, 0.3) is 0 Å². The first-order valence-electron chi connectivity index (χ1n) is 4.47. The first kappa shape index (κ1) is 12.8. The number of methoxy groups -OCH3 is 1. The molecule has 0 aliphatic heterocycles. The zero-order chi connectivity index (χ0) is 10.3. The topological polar surface area (TPSA) is 46.5 Å². The van der Waals surface area contributed by atoms with Gasteiger partial charge in [0.1, 0.15) is 0 Å². The Kier molecular flexibility index (Phi) is 7.09. The van der Waals surface area contributed by atoms with Crippen molar-refractivity contribution in [2.24, 2.45) is 5.92 Å². The maximum Gasteiger partial charge on any atom is 0.311 e. The average Bonchev–Trinajstić information content (AvgIpc) is 2.15. The lowest BCUT2D eigenvalue weighted by Gasteiger charge is -2.15. The number of carbonyl (C=O) groups excluding carboxylic acids is 1. The van der Waals surface area contributed by atoms with Crippen molar-refractivity contribution in [3.63, 3.8) is 0 Å². The average molecular weight is 206 g/mol. The zero-order valence-electron chi connectivity index (χ0n) is 8.45. The Morgan fingerprint density at radius 3 is 2.69 bits per heavy atom. The van der Waals surface area contributed by atoms with Crippen LogP contribution in [0.1, 0.15) is 20.3 Å². The van der Waals surface area contributed by atoms with Gasteiger partial charge in [0.25, 0.3) is 0 Å². The second kappa shape index (κ2) is 7.21. The van der Waals surface area contributed by atoms with E-state index >= 15 is 0 Å². The first-order valence-corrected chi connectivity index (χ1v) is 5.62. The fraction of sp³-hybridized carbons (Fsp3) is 0.889. The predicted molar refractivity (Wildman–Crippen MR) is 54.8 cm³/mol. The van der Waals surface area contributed by atoms with Gasteiger partial charge in [-0.1, -0.05) is 6.92 Å². The molecule has 0 aromatic heterocycles. The summed E-state index contributed by atoms with van der Waals surface area (Å²) in [6, 6.07) is 0. The summed E-state index contributed by atoms with van der Waals surface area (Å²) in [6.07, 6.45) is 0.0703. The van der Waals surface area contributed by atoms with Crippen molar-refractivity contribution < 1.29 is 14.6 Å². The van der Waals surface area contributed by atoms with Crippen molar-refractivity contribution in [1.29, 1.82) is 0 Å². The Hall–Kier alpha value is -0.220. The number of ether oxygens (including phenoxy) is 1. The first-order chi connectivity index (χ1) is 6.13. The number of hydrogen-bond acceptors (Lipinski definition) is 4. The molecule has 0 aliphatic carbocycles. The van der Waals surface area contributed by atoms with Gasteiger partial charge in [-0.05, 0) is 24.9 Å². The molecule has 0 amide bonds. The van der Waals surface area contributed by atoms with Gasteiger partial charge < -0.3 is 9.84 Å². The summed E-state index contributed by atoms with van der Waals surface area (Å²) in [5.74, 6) is 1.18. The lowest BCUT2D eigenvalue weighted by atomic mass is 10.0. The molecule has 78 valence electrons. The Labute approximate surface area is 83.9 Å². The molecule has 0 radical (unpaired) electrons. The van der Waals surface area contributed by atoms with Crippen LogP contribution in [0.3, 0.4) is 0 Å². The summed E-state index contributed by atoms with van der Waals surface area (Å²) >= 11 is 1.76. The van der Waals surface area contributed by atoms with Crippen molar-refractivity contribution in [3.05, 3.63) is 0 Å². The molecule has 0 bridgehead atoms. The molecule has 0 spiro atoms. The second-order valence-corrected chi connectivity index (χ2v) is 4.26. The van der Waals surface area contributed by atoms with Gasteiger partial charge in [-0.3, -0.25) is 4.79 Å². The molecule has 4 heteroatoms. The molecule has 0 aromatic rings. The number of aliphatic hydroxyl groups excluding tert-OH is 1. The highest BCUT2D eigenvalue weighted by Crippen LogP contribution is 2.12. The molecule has 2 atom stereocenters. The largest absolute Gasteiger partial charge is 0.469 e. The highest BCUT2D eigenvalue weighted by atomic mass is 32.2. The van der Waals surface area contributed by atoms with Crippen LogP contribution in [-0.2, 0) is 9.53 Å². The maximum absolute atomic E-state index is 11.0. The van der Waals surface area contributed by atoms with Crippen molar-refractivity contribution in [3.8, 4) is 0 Å². The summed E-state index contributed by atoms with van der Waals surface area (Å²) in [4.78, 5) is 11.0. The lowest BCUT2D eigenvalue weighted by Crippen LogP contribution is -2.27. The fourth-order valence-corrected chi connectivity index (χ4v) is 1.64. The van der Waals surface area contributed by atoms with E-state index in [1.807, 2.05) is 0 Å².